The summed E-state index contributed by atoms with van der Waals surface area (Å²) in [6.45, 7) is 1.62. The highest BCUT2D eigenvalue weighted by atomic mass is 16.5. The Hall–Kier alpha value is -3.22. The van der Waals surface area contributed by atoms with Crippen LogP contribution in [0.3, 0.4) is 0 Å². The van der Waals surface area contributed by atoms with Crippen molar-refractivity contribution in [1.29, 1.82) is 0 Å². The first-order valence-electron chi connectivity index (χ1n) is 7.06. The highest BCUT2D eigenvalue weighted by molar-refractivity contribution is 6.03. The Morgan fingerprint density at radius 1 is 1.04 bits per heavy atom. The van der Waals surface area contributed by atoms with Crippen LogP contribution in [0, 0.1) is 0 Å². The predicted octanol–water partition coefficient (Wildman–Crippen LogP) is 2.27. The molecule has 0 saturated heterocycles. The van der Waals surface area contributed by atoms with Gasteiger partial charge in [0.1, 0.15) is 5.75 Å². The largest absolute Gasteiger partial charge is 0.507 e. The number of carbonyl (C=O) groups excluding carboxylic acids is 1. The van der Waals surface area contributed by atoms with Gasteiger partial charge in [0, 0.05) is 5.56 Å². The molecule has 0 saturated carbocycles. The topological polar surface area (TPSA) is 100 Å². The molecule has 0 radical (unpaired) electrons. The molecule has 0 bridgehead atoms. The van der Waals surface area contributed by atoms with Crippen LogP contribution in [-0.4, -0.2) is 36.1 Å². The van der Waals surface area contributed by atoms with Crippen LogP contribution in [0.4, 0.5) is 0 Å². The Morgan fingerprint density at radius 3 is 2.38 bits per heavy atom. The fourth-order valence-corrected chi connectivity index (χ4v) is 2.12. The number of methoxy groups -OCH3 is 2. The number of rotatable bonds is 5. The quantitative estimate of drug-likeness (QED) is 0.577. The zero-order valence-corrected chi connectivity index (χ0v) is 13.5. The average molecular weight is 330 g/mol. The van der Waals surface area contributed by atoms with Gasteiger partial charge < -0.3 is 19.7 Å². The van der Waals surface area contributed by atoms with Gasteiger partial charge >= 0.3 is 0 Å². The fourth-order valence-electron chi connectivity index (χ4n) is 2.12. The minimum Gasteiger partial charge on any atom is -0.507 e. The molecular weight excluding hydrogens is 312 g/mol. The van der Waals surface area contributed by atoms with Crippen molar-refractivity contribution in [1.82, 2.24) is 5.43 Å². The summed E-state index contributed by atoms with van der Waals surface area (Å²) in [6.07, 6.45) is 0. The molecule has 0 spiro atoms. The molecule has 126 valence electrons. The third-order valence-electron chi connectivity index (χ3n) is 3.38. The minimum atomic E-state index is -0.563. The number of hydrogen-bond donors (Lipinski definition) is 3. The van der Waals surface area contributed by atoms with Gasteiger partial charge in [-0.05, 0) is 31.2 Å². The molecule has 0 heterocycles. The van der Waals surface area contributed by atoms with Gasteiger partial charge in [0.05, 0.1) is 25.5 Å². The molecular formula is C17H18N2O5. The molecule has 24 heavy (non-hydrogen) atoms. The molecule has 0 aliphatic rings. The van der Waals surface area contributed by atoms with E-state index in [0.29, 0.717) is 17.0 Å². The number of aromatic hydroxyl groups is 2. The normalized spacial score (nSPS) is 11.0. The van der Waals surface area contributed by atoms with Crippen molar-refractivity contribution in [2.45, 2.75) is 6.92 Å². The van der Waals surface area contributed by atoms with E-state index in [1.54, 1.807) is 31.2 Å². The van der Waals surface area contributed by atoms with E-state index in [1.165, 1.54) is 26.4 Å². The number of hydrazone groups is 1. The molecule has 2 rings (SSSR count). The molecule has 0 fully saturated rings. The van der Waals surface area contributed by atoms with Crippen LogP contribution in [0.15, 0.2) is 41.5 Å². The summed E-state index contributed by atoms with van der Waals surface area (Å²) in [4.78, 5) is 12.0. The summed E-state index contributed by atoms with van der Waals surface area (Å²) in [5.41, 5.74) is 3.18. The number of nitrogens with one attached hydrogen (secondary N) is 1. The van der Waals surface area contributed by atoms with Gasteiger partial charge in [0.2, 0.25) is 5.75 Å². The van der Waals surface area contributed by atoms with Crippen LogP contribution in [0.5, 0.6) is 23.0 Å². The van der Waals surface area contributed by atoms with Crippen LogP contribution in [-0.2, 0) is 0 Å². The van der Waals surface area contributed by atoms with E-state index in [4.69, 9.17) is 9.47 Å². The molecule has 3 N–H and O–H groups in total. The lowest BCUT2D eigenvalue weighted by Gasteiger charge is -2.12. The summed E-state index contributed by atoms with van der Waals surface area (Å²) >= 11 is 0. The third-order valence-corrected chi connectivity index (χ3v) is 3.38. The lowest BCUT2D eigenvalue weighted by Crippen LogP contribution is -2.19. The lowest BCUT2D eigenvalue weighted by molar-refractivity contribution is 0.0952. The van der Waals surface area contributed by atoms with Gasteiger partial charge in [0.15, 0.2) is 11.5 Å². The molecule has 0 aliphatic heterocycles. The second-order valence-electron chi connectivity index (χ2n) is 4.85. The van der Waals surface area contributed by atoms with Crippen molar-refractivity contribution >= 4 is 11.6 Å². The Bertz CT molecular complexity index is 787. The van der Waals surface area contributed by atoms with Crippen molar-refractivity contribution in [3.63, 3.8) is 0 Å². The Balaban J connectivity index is 2.26. The number of phenolic OH excluding ortho intramolecular Hbond substituents is 2. The van der Waals surface area contributed by atoms with Crippen molar-refractivity contribution in [2.24, 2.45) is 5.10 Å². The maximum atomic E-state index is 12.0. The smallest absolute Gasteiger partial charge is 0.275 e. The van der Waals surface area contributed by atoms with E-state index in [2.05, 4.69) is 10.5 Å². The molecule has 7 heteroatoms. The van der Waals surface area contributed by atoms with E-state index in [9.17, 15) is 15.0 Å². The highest BCUT2D eigenvalue weighted by Crippen LogP contribution is 2.39. The number of phenols is 2. The maximum absolute atomic E-state index is 12.0. The molecule has 7 nitrogen and oxygen atoms in total. The van der Waals surface area contributed by atoms with Gasteiger partial charge in [-0.25, -0.2) is 5.43 Å². The number of benzene rings is 2. The summed E-state index contributed by atoms with van der Waals surface area (Å²) in [5.74, 6) is -0.291. The number of amides is 1. The number of carbonyl (C=O) groups is 1. The highest BCUT2D eigenvalue weighted by Gasteiger charge is 2.16. The second-order valence-corrected chi connectivity index (χ2v) is 4.85. The molecule has 2 aromatic carbocycles. The molecule has 2 aromatic rings. The van der Waals surface area contributed by atoms with E-state index < -0.39 is 5.91 Å². The first kappa shape index (κ1) is 17.1. The van der Waals surface area contributed by atoms with Gasteiger partial charge in [-0.2, -0.15) is 5.10 Å². The number of para-hydroxylation sites is 1. The van der Waals surface area contributed by atoms with Crippen LogP contribution < -0.4 is 14.9 Å². The number of ether oxygens (including phenoxy) is 2. The van der Waals surface area contributed by atoms with Crippen molar-refractivity contribution in [3.8, 4) is 23.0 Å². The average Bonchev–Trinajstić information content (AvgIpc) is 2.59. The first-order valence-corrected chi connectivity index (χ1v) is 7.06. The Labute approximate surface area is 139 Å². The van der Waals surface area contributed by atoms with E-state index >= 15 is 0 Å². The summed E-state index contributed by atoms with van der Waals surface area (Å²) in [7, 11) is 2.87. The molecule has 0 aliphatic carbocycles. The fraction of sp³-hybridized carbons (Fsp3) is 0.176. The maximum Gasteiger partial charge on any atom is 0.275 e. The van der Waals surface area contributed by atoms with Gasteiger partial charge in [0.25, 0.3) is 5.91 Å². The summed E-state index contributed by atoms with van der Waals surface area (Å²) < 4.78 is 10.2. The summed E-state index contributed by atoms with van der Waals surface area (Å²) in [6, 6.07) is 9.35. The molecule has 0 unspecified atom stereocenters. The molecule has 1 amide bonds. The van der Waals surface area contributed by atoms with Crippen LogP contribution in [0.2, 0.25) is 0 Å². The number of hydrogen-bond acceptors (Lipinski definition) is 6. The molecule has 0 aromatic heterocycles. The monoisotopic (exact) mass is 330 g/mol. The van der Waals surface area contributed by atoms with Crippen molar-refractivity contribution < 1.29 is 24.5 Å². The lowest BCUT2D eigenvalue weighted by atomic mass is 10.1. The predicted molar refractivity (Wildman–Crippen MR) is 89.0 cm³/mol. The van der Waals surface area contributed by atoms with Crippen LogP contribution >= 0.6 is 0 Å². The zero-order valence-electron chi connectivity index (χ0n) is 13.5. The minimum absolute atomic E-state index is 0.102. The van der Waals surface area contributed by atoms with Gasteiger partial charge in [-0.1, -0.05) is 12.1 Å². The first-order chi connectivity index (χ1) is 11.5. The third kappa shape index (κ3) is 3.40. The Kier molecular flexibility index (Phi) is 5.26. The molecule has 0 atom stereocenters. The van der Waals surface area contributed by atoms with Gasteiger partial charge in [-0.15, -0.1) is 0 Å². The van der Waals surface area contributed by atoms with E-state index in [-0.39, 0.29) is 22.8 Å². The van der Waals surface area contributed by atoms with E-state index in [1.807, 2.05) is 0 Å². The van der Waals surface area contributed by atoms with Crippen LogP contribution in [0.1, 0.15) is 22.8 Å². The van der Waals surface area contributed by atoms with E-state index in [0.717, 1.165) is 0 Å². The Morgan fingerprint density at radius 2 is 1.75 bits per heavy atom. The standard InChI is InChI=1S/C17H18N2O5/c1-10(11-8-9-14(23-2)16(24-3)15(11)21)18-19-17(22)12-6-4-5-7-13(12)20/h4-9,20-21H,1-3H3,(H,19,22)/b18-10+. The van der Waals surface area contributed by atoms with Crippen LogP contribution in [0.25, 0.3) is 0 Å². The summed E-state index contributed by atoms with van der Waals surface area (Å²) in [5, 5.41) is 23.9. The van der Waals surface area contributed by atoms with Gasteiger partial charge in [-0.3, -0.25) is 4.79 Å². The van der Waals surface area contributed by atoms with Crippen molar-refractivity contribution in [3.05, 3.63) is 47.5 Å². The van der Waals surface area contributed by atoms with Crippen molar-refractivity contribution in [2.75, 3.05) is 14.2 Å². The second kappa shape index (κ2) is 7.36. The zero-order chi connectivity index (χ0) is 17.7. The SMILES string of the molecule is COc1ccc(/C(C)=N/NC(=O)c2ccccc2O)c(O)c1OC. The number of nitrogens with zero attached hydrogens (tertiary/aromatic N) is 1.